The zero-order valence-electron chi connectivity index (χ0n) is 18.6. The molecule has 1 aromatic rings. The molecular formula is C22H35NO5. The van der Waals surface area contributed by atoms with E-state index in [4.69, 9.17) is 9.47 Å². The minimum Gasteiger partial charge on any atom is -0.492 e. The quantitative estimate of drug-likeness (QED) is 0.716. The molecule has 0 atom stereocenters. The highest BCUT2D eigenvalue weighted by Gasteiger charge is 2.26. The Hall–Kier alpha value is -2.24. The molecule has 0 fully saturated rings. The summed E-state index contributed by atoms with van der Waals surface area (Å²) in [6, 6.07) is 3.44. The number of carbonyl (C=O) groups excluding carboxylic acids is 1. The van der Waals surface area contributed by atoms with Crippen LogP contribution in [0.1, 0.15) is 76.9 Å². The van der Waals surface area contributed by atoms with Crippen molar-refractivity contribution in [3.63, 3.8) is 0 Å². The molecule has 1 amide bonds. The van der Waals surface area contributed by atoms with Gasteiger partial charge >= 0.3 is 12.1 Å². The van der Waals surface area contributed by atoms with Crippen molar-refractivity contribution >= 4 is 12.1 Å². The van der Waals surface area contributed by atoms with Gasteiger partial charge in [-0.1, -0.05) is 40.7 Å². The van der Waals surface area contributed by atoms with Gasteiger partial charge in [0.25, 0.3) is 0 Å². The van der Waals surface area contributed by atoms with Crippen LogP contribution in [0.25, 0.3) is 0 Å². The first-order chi connectivity index (χ1) is 12.5. The lowest BCUT2D eigenvalue weighted by Gasteiger charge is -2.29. The van der Waals surface area contributed by atoms with Crippen molar-refractivity contribution in [2.24, 2.45) is 5.41 Å². The second kappa shape index (κ2) is 8.41. The summed E-state index contributed by atoms with van der Waals surface area (Å²) < 4.78 is 11.2. The van der Waals surface area contributed by atoms with E-state index >= 15 is 0 Å². The van der Waals surface area contributed by atoms with Crippen LogP contribution in [0.2, 0.25) is 0 Å². The molecule has 1 aromatic carbocycles. The monoisotopic (exact) mass is 393 g/mol. The summed E-state index contributed by atoms with van der Waals surface area (Å²) in [7, 11) is 0. The lowest BCUT2D eigenvalue weighted by atomic mass is 9.83. The van der Waals surface area contributed by atoms with Crippen molar-refractivity contribution in [2.75, 3.05) is 13.2 Å². The number of nitrogens with one attached hydrogen (secondary N) is 1. The smallest absolute Gasteiger partial charge is 0.407 e. The van der Waals surface area contributed by atoms with Gasteiger partial charge in [0.1, 0.15) is 16.9 Å². The number of alkyl carbamates (subject to hydrolysis) is 1. The van der Waals surface area contributed by atoms with E-state index in [0.717, 1.165) is 11.1 Å². The van der Waals surface area contributed by atoms with Gasteiger partial charge in [-0.2, -0.15) is 0 Å². The van der Waals surface area contributed by atoms with Crippen molar-refractivity contribution in [2.45, 2.75) is 73.3 Å². The molecule has 6 heteroatoms. The highest BCUT2D eigenvalue weighted by molar-refractivity contribution is 5.91. The molecule has 6 nitrogen and oxygen atoms in total. The maximum atomic E-state index is 11.9. The van der Waals surface area contributed by atoms with Crippen LogP contribution in [0.5, 0.6) is 5.75 Å². The third-order valence-corrected chi connectivity index (χ3v) is 4.16. The normalized spacial score (nSPS) is 12.5. The first-order valence-corrected chi connectivity index (χ1v) is 9.50. The minimum absolute atomic E-state index is 0.132. The van der Waals surface area contributed by atoms with Gasteiger partial charge in [-0.05, 0) is 50.3 Å². The first kappa shape index (κ1) is 23.8. The zero-order chi connectivity index (χ0) is 21.9. The molecule has 0 aromatic heterocycles. The number of hydrogen-bond donors (Lipinski definition) is 2. The van der Waals surface area contributed by atoms with Gasteiger partial charge in [-0.3, -0.25) is 0 Å². The second-order valence-electron chi connectivity index (χ2n) is 9.98. The fourth-order valence-corrected chi connectivity index (χ4v) is 2.80. The van der Waals surface area contributed by atoms with Crippen LogP contribution in [-0.4, -0.2) is 35.9 Å². The molecule has 0 aliphatic carbocycles. The van der Waals surface area contributed by atoms with E-state index < -0.39 is 23.1 Å². The molecule has 0 heterocycles. The van der Waals surface area contributed by atoms with Crippen LogP contribution in [0.15, 0.2) is 12.1 Å². The van der Waals surface area contributed by atoms with E-state index in [2.05, 4.69) is 26.1 Å². The van der Waals surface area contributed by atoms with E-state index in [1.54, 1.807) is 26.8 Å². The molecule has 158 valence electrons. The number of carboxylic acids is 1. The fraction of sp³-hybridized carbons (Fsp3) is 0.636. The summed E-state index contributed by atoms with van der Waals surface area (Å²) in [6.45, 7) is 18.0. The Morgan fingerprint density at radius 3 is 2.07 bits per heavy atom. The van der Waals surface area contributed by atoms with Crippen molar-refractivity contribution in [1.82, 2.24) is 5.32 Å². The Kier molecular flexibility index (Phi) is 7.15. The molecule has 0 spiro atoms. The zero-order valence-corrected chi connectivity index (χ0v) is 18.6. The van der Waals surface area contributed by atoms with Gasteiger partial charge in [-0.15, -0.1) is 0 Å². The summed E-state index contributed by atoms with van der Waals surface area (Å²) in [5, 5.41) is 12.3. The van der Waals surface area contributed by atoms with Crippen LogP contribution in [-0.2, 0) is 10.2 Å². The first-order valence-electron chi connectivity index (χ1n) is 9.50. The SMILES string of the molecule is Cc1c(C(C)(C)C)ccc(C(=O)O)c1OCC(C)(C)CNC(=O)OC(C)(C)C. The largest absolute Gasteiger partial charge is 0.492 e. The van der Waals surface area contributed by atoms with Gasteiger partial charge in [-0.25, -0.2) is 9.59 Å². The van der Waals surface area contributed by atoms with Crippen LogP contribution in [0.4, 0.5) is 4.79 Å². The van der Waals surface area contributed by atoms with Gasteiger partial charge in [0, 0.05) is 12.0 Å². The van der Waals surface area contributed by atoms with Gasteiger partial charge < -0.3 is 19.9 Å². The lowest BCUT2D eigenvalue weighted by Crippen LogP contribution is -2.40. The van der Waals surface area contributed by atoms with Crippen molar-refractivity contribution < 1.29 is 24.2 Å². The standard InChI is InChI=1S/C22H35NO5/c1-14-16(20(2,3)4)11-10-15(18(24)25)17(14)27-13-22(8,9)12-23-19(26)28-21(5,6)7/h10-11H,12-13H2,1-9H3,(H,23,26)(H,24,25). The molecule has 0 aliphatic heterocycles. The Labute approximate surface area is 168 Å². The highest BCUT2D eigenvalue weighted by Crippen LogP contribution is 2.34. The maximum absolute atomic E-state index is 11.9. The molecule has 0 saturated heterocycles. The predicted octanol–water partition coefficient (Wildman–Crippen LogP) is 4.92. The number of carbonyl (C=O) groups is 2. The van der Waals surface area contributed by atoms with Gasteiger partial charge in [0.2, 0.25) is 0 Å². The summed E-state index contributed by atoms with van der Waals surface area (Å²) in [5.41, 5.74) is 0.886. The van der Waals surface area contributed by atoms with Gasteiger partial charge in [0.05, 0.1) is 6.61 Å². The number of benzene rings is 1. The Morgan fingerprint density at radius 2 is 1.61 bits per heavy atom. The van der Waals surface area contributed by atoms with E-state index in [9.17, 15) is 14.7 Å². The Morgan fingerprint density at radius 1 is 1.04 bits per heavy atom. The molecule has 0 saturated carbocycles. The number of amides is 1. The average Bonchev–Trinajstić information content (AvgIpc) is 2.48. The van der Waals surface area contributed by atoms with Gasteiger partial charge in [0.15, 0.2) is 0 Å². The fourth-order valence-electron chi connectivity index (χ4n) is 2.80. The molecule has 28 heavy (non-hydrogen) atoms. The number of rotatable bonds is 6. The molecule has 0 radical (unpaired) electrons. The van der Waals surface area contributed by atoms with Crippen LogP contribution in [0, 0.1) is 12.3 Å². The molecule has 2 N–H and O–H groups in total. The highest BCUT2D eigenvalue weighted by atomic mass is 16.6. The molecule has 0 unspecified atom stereocenters. The Bertz CT molecular complexity index is 724. The predicted molar refractivity (Wildman–Crippen MR) is 110 cm³/mol. The minimum atomic E-state index is -1.02. The van der Waals surface area contributed by atoms with Crippen molar-refractivity contribution in [1.29, 1.82) is 0 Å². The van der Waals surface area contributed by atoms with E-state index in [-0.39, 0.29) is 17.6 Å². The molecular weight excluding hydrogens is 358 g/mol. The van der Waals surface area contributed by atoms with Crippen LogP contribution < -0.4 is 10.1 Å². The van der Waals surface area contributed by atoms with Crippen LogP contribution in [0.3, 0.4) is 0 Å². The van der Waals surface area contributed by atoms with E-state index in [0.29, 0.717) is 12.3 Å². The summed E-state index contributed by atoms with van der Waals surface area (Å²) in [4.78, 5) is 23.5. The number of hydrogen-bond acceptors (Lipinski definition) is 4. The number of ether oxygens (including phenoxy) is 2. The summed E-state index contributed by atoms with van der Waals surface area (Å²) in [6.07, 6.45) is -0.488. The molecule has 1 rings (SSSR count). The van der Waals surface area contributed by atoms with Crippen molar-refractivity contribution in [3.05, 3.63) is 28.8 Å². The van der Waals surface area contributed by atoms with Crippen LogP contribution >= 0.6 is 0 Å². The molecule has 0 bridgehead atoms. The third-order valence-electron chi connectivity index (χ3n) is 4.16. The van der Waals surface area contributed by atoms with E-state index in [1.165, 1.54) is 0 Å². The summed E-state index contributed by atoms with van der Waals surface area (Å²) in [5.74, 6) is -0.645. The average molecular weight is 394 g/mol. The second-order valence-corrected chi connectivity index (χ2v) is 9.98. The summed E-state index contributed by atoms with van der Waals surface area (Å²) >= 11 is 0. The van der Waals surface area contributed by atoms with Crippen molar-refractivity contribution in [3.8, 4) is 5.75 Å². The molecule has 0 aliphatic rings. The number of carboxylic acid groups (broad SMARTS) is 1. The number of aromatic carboxylic acids is 1. The lowest BCUT2D eigenvalue weighted by molar-refractivity contribution is 0.0492. The third kappa shape index (κ3) is 7.06. The Balaban J connectivity index is 2.95. The maximum Gasteiger partial charge on any atom is 0.407 e. The topological polar surface area (TPSA) is 84.9 Å². The van der Waals surface area contributed by atoms with E-state index in [1.807, 2.05) is 26.8 Å².